The van der Waals surface area contributed by atoms with Crippen molar-refractivity contribution in [2.75, 3.05) is 7.11 Å². The van der Waals surface area contributed by atoms with E-state index in [9.17, 15) is 19.7 Å². The van der Waals surface area contributed by atoms with Gasteiger partial charge in [0.1, 0.15) is 5.60 Å². The van der Waals surface area contributed by atoms with Gasteiger partial charge in [0.25, 0.3) is 5.69 Å². The number of carbonyl (C=O) groups is 2. The molecule has 1 unspecified atom stereocenters. The zero-order valence-electron chi connectivity index (χ0n) is 16.1. The molecule has 0 heterocycles. The van der Waals surface area contributed by atoms with Crippen LogP contribution in [0.15, 0.2) is 90.5 Å². The number of hydrogen-bond donors (Lipinski definition) is 0. The number of nitrogens with zero attached hydrogens (tertiary/aromatic N) is 1. The molecule has 0 amide bonds. The van der Waals surface area contributed by atoms with E-state index in [2.05, 4.69) is 0 Å². The summed E-state index contributed by atoms with van der Waals surface area (Å²) in [5, 5.41) is 11.1. The van der Waals surface area contributed by atoms with Gasteiger partial charge in [-0.15, -0.1) is 0 Å². The van der Waals surface area contributed by atoms with Crippen LogP contribution in [0.1, 0.15) is 31.8 Å². The molecule has 0 fully saturated rings. The van der Waals surface area contributed by atoms with E-state index < -0.39 is 10.5 Å². The van der Waals surface area contributed by atoms with Crippen molar-refractivity contribution in [3.05, 3.63) is 123 Å². The molecule has 3 aromatic carbocycles. The molecule has 0 bridgehead atoms. The number of Topliss-reactive ketones (excluding diaryl/α,β-unsaturated/α-hetero) is 1. The molecule has 6 nitrogen and oxygen atoms in total. The van der Waals surface area contributed by atoms with E-state index in [4.69, 9.17) is 4.74 Å². The Labute approximate surface area is 172 Å². The second-order valence-electron chi connectivity index (χ2n) is 6.85. The van der Waals surface area contributed by atoms with Crippen molar-refractivity contribution >= 4 is 17.3 Å². The number of nitro groups is 1. The maximum absolute atomic E-state index is 13.5. The van der Waals surface area contributed by atoms with Crippen LogP contribution in [-0.4, -0.2) is 23.6 Å². The van der Waals surface area contributed by atoms with Crippen LogP contribution in [0.5, 0.6) is 0 Å². The summed E-state index contributed by atoms with van der Waals surface area (Å²) < 4.78 is 5.97. The minimum Gasteiger partial charge on any atom is -0.364 e. The van der Waals surface area contributed by atoms with Crippen LogP contribution >= 0.6 is 0 Å². The van der Waals surface area contributed by atoms with Crippen molar-refractivity contribution in [2.45, 2.75) is 5.60 Å². The van der Waals surface area contributed by atoms with Crippen LogP contribution in [0.25, 0.3) is 0 Å². The molecule has 0 saturated carbocycles. The second kappa shape index (κ2) is 7.50. The average molecular weight is 399 g/mol. The molecule has 1 atom stereocenters. The van der Waals surface area contributed by atoms with Gasteiger partial charge in [-0.3, -0.25) is 19.7 Å². The summed E-state index contributed by atoms with van der Waals surface area (Å²) >= 11 is 0. The van der Waals surface area contributed by atoms with Crippen LogP contribution in [0.2, 0.25) is 0 Å². The fraction of sp³-hybridized carbons (Fsp3) is 0.0833. The van der Waals surface area contributed by atoms with Crippen molar-refractivity contribution < 1.29 is 19.2 Å². The Morgan fingerprint density at radius 3 is 1.97 bits per heavy atom. The predicted octanol–water partition coefficient (Wildman–Crippen LogP) is 4.49. The van der Waals surface area contributed by atoms with Gasteiger partial charge in [0, 0.05) is 35.9 Å². The standard InChI is InChI=1S/C24H17NO5/c1-30-24(16-7-3-2-4-8-16,17-11-13-18(14-12-17)25(28)29)21-15-22(26)19-9-5-6-10-20(19)23(21)27/h2-15H,1H3. The number of benzene rings is 3. The molecule has 0 radical (unpaired) electrons. The summed E-state index contributed by atoms with van der Waals surface area (Å²) in [5.74, 6) is -0.617. The summed E-state index contributed by atoms with van der Waals surface area (Å²) in [5.41, 5.74) is 0.460. The molecule has 0 N–H and O–H groups in total. The van der Waals surface area contributed by atoms with Gasteiger partial charge < -0.3 is 4.74 Å². The highest BCUT2D eigenvalue weighted by Crippen LogP contribution is 2.43. The lowest BCUT2D eigenvalue weighted by atomic mass is 9.73. The maximum Gasteiger partial charge on any atom is 0.269 e. The summed E-state index contributed by atoms with van der Waals surface area (Å²) in [6, 6.07) is 21.5. The quantitative estimate of drug-likeness (QED) is 0.466. The van der Waals surface area contributed by atoms with Gasteiger partial charge in [0.05, 0.1) is 4.92 Å². The Morgan fingerprint density at radius 2 is 1.37 bits per heavy atom. The Morgan fingerprint density at radius 1 is 0.800 bits per heavy atom. The first-order valence-electron chi connectivity index (χ1n) is 9.25. The lowest BCUT2D eigenvalue weighted by Gasteiger charge is -2.36. The molecule has 1 aliphatic rings. The minimum atomic E-state index is -1.41. The van der Waals surface area contributed by atoms with Gasteiger partial charge in [0.15, 0.2) is 11.6 Å². The molecular formula is C24H17NO5. The van der Waals surface area contributed by atoms with Crippen LogP contribution in [0.3, 0.4) is 0 Å². The molecule has 30 heavy (non-hydrogen) atoms. The molecule has 0 aliphatic heterocycles. The Kier molecular flexibility index (Phi) is 4.85. The monoisotopic (exact) mass is 399 g/mol. The minimum absolute atomic E-state index is 0.0813. The van der Waals surface area contributed by atoms with Gasteiger partial charge in [-0.1, -0.05) is 54.6 Å². The van der Waals surface area contributed by atoms with Gasteiger partial charge in [-0.05, 0) is 29.3 Å². The third kappa shape index (κ3) is 2.94. The number of carbonyl (C=O) groups excluding carboxylic acids is 2. The third-order valence-electron chi connectivity index (χ3n) is 5.31. The SMILES string of the molecule is COC(C1=CC(=O)c2ccccc2C1=O)(c1ccccc1)c1ccc([N+](=O)[O-])cc1. The molecule has 148 valence electrons. The van der Waals surface area contributed by atoms with Crippen molar-refractivity contribution in [1.29, 1.82) is 0 Å². The molecule has 4 rings (SSSR count). The largest absolute Gasteiger partial charge is 0.364 e. The highest BCUT2D eigenvalue weighted by atomic mass is 16.6. The number of non-ortho nitro benzene ring substituents is 1. The molecule has 0 saturated heterocycles. The van der Waals surface area contributed by atoms with Crippen molar-refractivity contribution in [3.8, 4) is 0 Å². The number of rotatable bonds is 5. The molecule has 0 spiro atoms. The second-order valence-corrected chi connectivity index (χ2v) is 6.85. The topological polar surface area (TPSA) is 86.5 Å². The van der Waals surface area contributed by atoms with E-state index in [0.717, 1.165) is 0 Å². The average Bonchev–Trinajstić information content (AvgIpc) is 2.79. The van der Waals surface area contributed by atoms with Crippen LogP contribution in [-0.2, 0) is 10.3 Å². The van der Waals surface area contributed by atoms with Gasteiger partial charge in [0.2, 0.25) is 0 Å². The first-order chi connectivity index (χ1) is 14.5. The number of ether oxygens (including phenoxy) is 1. The van der Waals surface area contributed by atoms with E-state index in [0.29, 0.717) is 22.3 Å². The number of methoxy groups -OCH3 is 1. The number of fused-ring (bicyclic) bond motifs is 1. The number of ketones is 2. The Balaban J connectivity index is 1.98. The molecule has 3 aromatic rings. The molecule has 6 heteroatoms. The zero-order valence-corrected chi connectivity index (χ0v) is 16.1. The summed E-state index contributed by atoms with van der Waals surface area (Å²) in [7, 11) is 1.45. The van der Waals surface area contributed by atoms with E-state index >= 15 is 0 Å². The van der Waals surface area contributed by atoms with E-state index in [1.54, 1.807) is 60.7 Å². The fourth-order valence-electron chi connectivity index (χ4n) is 3.89. The first-order valence-corrected chi connectivity index (χ1v) is 9.25. The summed E-state index contributed by atoms with van der Waals surface area (Å²) in [6.07, 6.45) is 1.31. The predicted molar refractivity (Wildman–Crippen MR) is 111 cm³/mol. The Bertz CT molecular complexity index is 1180. The van der Waals surface area contributed by atoms with Crippen LogP contribution in [0.4, 0.5) is 5.69 Å². The van der Waals surface area contributed by atoms with Crippen molar-refractivity contribution in [3.63, 3.8) is 0 Å². The van der Waals surface area contributed by atoms with Crippen LogP contribution in [0, 0.1) is 10.1 Å². The van der Waals surface area contributed by atoms with E-state index in [1.807, 2.05) is 6.07 Å². The van der Waals surface area contributed by atoms with Gasteiger partial charge >= 0.3 is 0 Å². The van der Waals surface area contributed by atoms with Gasteiger partial charge in [-0.25, -0.2) is 0 Å². The number of hydrogen-bond acceptors (Lipinski definition) is 5. The maximum atomic E-state index is 13.5. The molecule has 1 aliphatic carbocycles. The van der Waals surface area contributed by atoms with Crippen molar-refractivity contribution in [2.24, 2.45) is 0 Å². The van der Waals surface area contributed by atoms with Crippen LogP contribution < -0.4 is 0 Å². The number of nitro benzene ring substituents is 1. The summed E-state index contributed by atoms with van der Waals surface area (Å²) in [6.45, 7) is 0. The third-order valence-corrected chi connectivity index (χ3v) is 5.31. The van der Waals surface area contributed by atoms with E-state index in [1.165, 1.54) is 25.3 Å². The Hall–Kier alpha value is -3.90. The number of allylic oxidation sites excluding steroid dienone is 1. The molecule has 0 aromatic heterocycles. The van der Waals surface area contributed by atoms with E-state index in [-0.39, 0.29) is 22.8 Å². The lowest BCUT2D eigenvalue weighted by Crippen LogP contribution is -2.38. The normalized spacial score (nSPS) is 15.2. The zero-order chi connectivity index (χ0) is 21.3. The smallest absolute Gasteiger partial charge is 0.269 e. The van der Waals surface area contributed by atoms with Gasteiger partial charge in [-0.2, -0.15) is 0 Å². The first kappa shape index (κ1) is 19.4. The highest BCUT2D eigenvalue weighted by Gasteiger charge is 2.44. The highest BCUT2D eigenvalue weighted by molar-refractivity contribution is 6.25. The fourth-order valence-corrected chi connectivity index (χ4v) is 3.89. The lowest BCUT2D eigenvalue weighted by molar-refractivity contribution is -0.384. The molecular weight excluding hydrogens is 382 g/mol. The van der Waals surface area contributed by atoms with Crippen molar-refractivity contribution in [1.82, 2.24) is 0 Å². The summed E-state index contributed by atoms with van der Waals surface area (Å²) in [4.78, 5) is 36.9.